The highest BCUT2D eigenvalue weighted by atomic mass is 16.4. The van der Waals surface area contributed by atoms with Crippen molar-refractivity contribution in [2.45, 2.75) is 53.4 Å². The zero-order valence-corrected chi connectivity index (χ0v) is 12.5. The van der Waals surface area contributed by atoms with Gasteiger partial charge in [-0.25, -0.2) is 0 Å². The fourth-order valence-electron chi connectivity index (χ4n) is 2.91. The molecule has 0 heterocycles. The van der Waals surface area contributed by atoms with E-state index < -0.39 is 17.3 Å². The molecular weight excluding hydrogens is 242 g/mol. The molecule has 1 rings (SSSR count). The third-order valence-corrected chi connectivity index (χ3v) is 4.20. The zero-order chi connectivity index (χ0) is 14.6. The SMILES string of the molecule is CC1CCCCC1CNC(=O)C(C(=O)O)C(C)(C)C. The quantitative estimate of drug-likeness (QED) is 0.771. The van der Waals surface area contributed by atoms with Gasteiger partial charge in [0.15, 0.2) is 0 Å². The van der Waals surface area contributed by atoms with Gasteiger partial charge in [0.05, 0.1) is 0 Å². The smallest absolute Gasteiger partial charge is 0.316 e. The van der Waals surface area contributed by atoms with E-state index in [0.29, 0.717) is 18.4 Å². The van der Waals surface area contributed by atoms with E-state index in [0.717, 1.165) is 6.42 Å². The van der Waals surface area contributed by atoms with E-state index in [9.17, 15) is 14.7 Å². The number of hydrogen-bond acceptors (Lipinski definition) is 2. The van der Waals surface area contributed by atoms with Crippen LogP contribution in [-0.2, 0) is 9.59 Å². The molecule has 4 nitrogen and oxygen atoms in total. The summed E-state index contributed by atoms with van der Waals surface area (Å²) in [6.45, 7) is 8.19. The second-order valence-corrected chi connectivity index (χ2v) is 6.90. The molecule has 0 saturated heterocycles. The van der Waals surface area contributed by atoms with Crippen molar-refractivity contribution in [1.29, 1.82) is 0 Å². The number of hydrogen-bond donors (Lipinski definition) is 2. The van der Waals surface area contributed by atoms with Crippen LogP contribution in [-0.4, -0.2) is 23.5 Å². The van der Waals surface area contributed by atoms with Crippen LogP contribution in [0.5, 0.6) is 0 Å². The summed E-state index contributed by atoms with van der Waals surface area (Å²) in [5.74, 6) is -1.26. The Labute approximate surface area is 116 Å². The number of nitrogens with one attached hydrogen (secondary N) is 1. The molecule has 3 atom stereocenters. The standard InChI is InChI=1S/C15H27NO3/c1-10-7-5-6-8-11(10)9-16-13(17)12(14(18)19)15(2,3)4/h10-12H,5-9H2,1-4H3,(H,16,17)(H,18,19). The lowest BCUT2D eigenvalue weighted by molar-refractivity contribution is -0.151. The highest BCUT2D eigenvalue weighted by Crippen LogP contribution is 2.30. The Morgan fingerprint density at radius 3 is 2.32 bits per heavy atom. The lowest BCUT2D eigenvalue weighted by atomic mass is 9.79. The number of rotatable bonds is 4. The van der Waals surface area contributed by atoms with Gasteiger partial charge in [-0.05, 0) is 23.7 Å². The van der Waals surface area contributed by atoms with E-state index in [1.165, 1.54) is 19.3 Å². The first-order chi connectivity index (χ1) is 8.73. The van der Waals surface area contributed by atoms with Crippen LogP contribution >= 0.6 is 0 Å². The molecule has 0 spiro atoms. The van der Waals surface area contributed by atoms with Gasteiger partial charge >= 0.3 is 5.97 Å². The molecule has 1 aliphatic rings. The van der Waals surface area contributed by atoms with Crippen LogP contribution in [0.4, 0.5) is 0 Å². The minimum Gasteiger partial charge on any atom is -0.481 e. The molecule has 19 heavy (non-hydrogen) atoms. The van der Waals surface area contributed by atoms with E-state index in [2.05, 4.69) is 12.2 Å². The van der Waals surface area contributed by atoms with Crippen LogP contribution < -0.4 is 5.32 Å². The van der Waals surface area contributed by atoms with Crippen LogP contribution in [0.25, 0.3) is 0 Å². The summed E-state index contributed by atoms with van der Waals surface area (Å²) in [5, 5.41) is 12.1. The van der Waals surface area contributed by atoms with Gasteiger partial charge in [0.2, 0.25) is 5.91 Å². The van der Waals surface area contributed by atoms with E-state index in [1.807, 2.05) is 0 Å². The predicted molar refractivity (Wildman–Crippen MR) is 74.7 cm³/mol. The van der Waals surface area contributed by atoms with E-state index in [-0.39, 0.29) is 5.91 Å². The van der Waals surface area contributed by atoms with Crippen molar-refractivity contribution in [2.24, 2.45) is 23.2 Å². The largest absolute Gasteiger partial charge is 0.481 e. The molecule has 0 aromatic heterocycles. The molecule has 0 aliphatic heterocycles. The third kappa shape index (κ3) is 4.51. The van der Waals surface area contributed by atoms with Gasteiger partial charge in [-0.2, -0.15) is 0 Å². The molecule has 0 aromatic rings. The molecular formula is C15H27NO3. The highest BCUT2D eigenvalue weighted by molar-refractivity contribution is 5.97. The number of carboxylic acid groups (broad SMARTS) is 1. The number of aliphatic carboxylic acids is 1. The maximum Gasteiger partial charge on any atom is 0.316 e. The minimum absolute atomic E-state index is 0.349. The Kier molecular flexibility index (Phi) is 5.39. The van der Waals surface area contributed by atoms with Gasteiger partial charge in [-0.15, -0.1) is 0 Å². The zero-order valence-electron chi connectivity index (χ0n) is 12.5. The molecule has 0 bridgehead atoms. The van der Waals surface area contributed by atoms with Crippen LogP contribution in [0, 0.1) is 23.2 Å². The van der Waals surface area contributed by atoms with Crippen molar-refractivity contribution < 1.29 is 14.7 Å². The van der Waals surface area contributed by atoms with Gasteiger partial charge in [0.1, 0.15) is 5.92 Å². The van der Waals surface area contributed by atoms with Crippen LogP contribution in [0.15, 0.2) is 0 Å². The lowest BCUT2D eigenvalue weighted by Gasteiger charge is -2.31. The Morgan fingerprint density at radius 1 is 1.26 bits per heavy atom. The third-order valence-electron chi connectivity index (χ3n) is 4.20. The summed E-state index contributed by atoms with van der Waals surface area (Å²) in [6.07, 6.45) is 4.83. The van der Waals surface area contributed by atoms with E-state index in [4.69, 9.17) is 0 Å². The molecule has 2 N–H and O–H groups in total. The Hall–Kier alpha value is -1.06. The molecule has 0 radical (unpaired) electrons. The highest BCUT2D eigenvalue weighted by Gasteiger charge is 2.37. The summed E-state index contributed by atoms with van der Waals surface area (Å²) in [5.41, 5.74) is -0.561. The Balaban J connectivity index is 2.55. The van der Waals surface area contributed by atoms with Crippen molar-refractivity contribution >= 4 is 11.9 Å². The summed E-state index contributed by atoms with van der Waals surface area (Å²) in [6, 6.07) is 0. The average Bonchev–Trinajstić information content (AvgIpc) is 2.25. The first-order valence-electron chi connectivity index (χ1n) is 7.24. The number of amides is 1. The topological polar surface area (TPSA) is 66.4 Å². The van der Waals surface area contributed by atoms with Crippen molar-refractivity contribution in [3.05, 3.63) is 0 Å². The first kappa shape index (κ1) is 16.0. The molecule has 1 amide bonds. The maximum atomic E-state index is 12.1. The fourth-order valence-corrected chi connectivity index (χ4v) is 2.91. The molecule has 1 aliphatic carbocycles. The van der Waals surface area contributed by atoms with Gasteiger partial charge in [0.25, 0.3) is 0 Å². The molecule has 1 fully saturated rings. The van der Waals surface area contributed by atoms with Crippen molar-refractivity contribution in [1.82, 2.24) is 5.32 Å². The normalized spacial score (nSPS) is 25.7. The van der Waals surface area contributed by atoms with Crippen LogP contribution in [0.3, 0.4) is 0 Å². The molecule has 1 saturated carbocycles. The fraction of sp³-hybridized carbons (Fsp3) is 0.867. The lowest BCUT2D eigenvalue weighted by Crippen LogP contribution is -2.44. The van der Waals surface area contributed by atoms with Gasteiger partial charge in [0, 0.05) is 6.54 Å². The van der Waals surface area contributed by atoms with Crippen molar-refractivity contribution in [3.63, 3.8) is 0 Å². The van der Waals surface area contributed by atoms with Crippen molar-refractivity contribution in [3.8, 4) is 0 Å². The Morgan fingerprint density at radius 2 is 1.84 bits per heavy atom. The minimum atomic E-state index is -1.04. The van der Waals surface area contributed by atoms with Gasteiger partial charge in [-0.3, -0.25) is 9.59 Å². The summed E-state index contributed by atoms with van der Waals surface area (Å²) >= 11 is 0. The molecule has 0 aromatic carbocycles. The maximum absolute atomic E-state index is 12.1. The second kappa shape index (κ2) is 6.40. The molecule has 110 valence electrons. The molecule has 3 unspecified atom stereocenters. The summed E-state index contributed by atoms with van der Waals surface area (Å²) in [7, 11) is 0. The average molecular weight is 269 g/mol. The van der Waals surface area contributed by atoms with Crippen LogP contribution in [0.1, 0.15) is 53.4 Å². The monoisotopic (exact) mass is 269 g/mol. The predicted octanol–water partition coefficient (Wildman–Crippen LogP) is 2.68. The summed E-state index contributed by atoms with van der Waals surface area (Å²) < 4.78 is 0. The first-order valence-corrected chi connectivity index (χ1v) is 7.24. The van der Waals surface area contributed by atoms with Gasteiger partial charge in [-0.1, -0.05) is 47.0 Å². The number of carboxylic acids is 1. The molecule has 4 heteroatoms. The Bertz CT molecular complexity index is 333. The van der Waals surface area contributed by atoms with Crippen LogP contribution in [0.2, 0.25) is 0 Å². The van der Waals surface area contributed by atoms with E-state index in [1.54, 1.807) is 20.8 Å². The number of carbonyl (C=O) groups excluding carboxylic acids is 1. The van der Waals surface area contributed by atoms with Gasteiger partial charge < -0.3 is 10.4 Å². The van der Waals surface area contributed by atoms with E-state index >= 15 is 0 Å². The number of carbonyl (C=O) groups is 2. The van der Waals surface area contributed by atoms with Crippen molar-refractivity contribution in [2.75, 3.05) is 6.54 Å². The second-order valence-electron chi connectivity index (χ2n) is 6.90. The summed E-state index contributed by atoms with van der Waals surface area (Å²) in [4.78, 5) is 23.3.